The largest absolute Gasteiger partial charge is 0.330 e. The quantitative estimate of drug-likeness (QED) is 0.504. The molecule has 0 unspecified atom stereocenters. The highest BCUT2D eigenvalue weighted by molar-refractivity contribution is 7.99. The lowest BCUT2D eigenvalue weighted by molar-refractivity contribution is 0.254. The molecule has 4 aromatic rings. The number of para-hydroxylation sites is 2. The summed E-state index contributed by atoms with van der Waals surface area (Å²) in [6.07, 6.45) is 1.90. The minimum atomic E-state index is -0.165. The fourth-order valence-corrected chi connectivity index (χ4v) is 3.71. The summed E-state index contributed by atoms with van der Waals surface area (Å²) in [4.78, 5) is 14.9. The van der Waals surface area contributed by atoms with Crippen molar-refractivity contribution in [2.75, 3.05) is 5.32 Å². The van der Waals surface area contributed by atoms with Crippen molar-refractivity contribution in [3.63, 3.8) is 0 Å². The molecule has 0 radical (unpaired) electrons. The molecule has 3 nitrogen and oxygen atoms in total. The maximum Gasteiger partial charge on any atom is 0.330 e. The third kappa shape index (κ3) is 3.30. The molecule has 0 aliphatic carbocycles. The first-order valence-corrected chi connectivity index (χ1v) is 8.82. The summed E-state index contributed by atoms with van der Waals surface area (Å²) in [6, 6.07) is 27.5. The summed E-state index contributed by atoms with van der Waals surface area (Å²) in [5.41, 5.74) is 1.68. The van der Waals surface area contributed by atoms with Crippen molar-refractivity contribution in [3.05, 3.63) is 91.1 Å². The molecule has 122 valence electrons. The molecule has 4 rings (SSSR count). The number of fused-ring (bicyclic) bond motifs is 1. The van der Waals surface area contributed by atoms with Crippen LogP contribution < -0.4 is 5.32 Å². The number of nitrogens with one attached hydrogen (secondary N) is 1. The lowest BCUT2D eigenvalue weighted by Crippen LogP contribution is -2.18. The van der Waals surface area contributed by atoms with Gasteiger partial charge in [-0.15, -0.1) is 0 Å². The molecule has 0 atom stereocenters. The Morgan fingerprint density at radius 2 is 1.44 bits per heavy atom. The second-order valence-corrected chi connectivity index (χ2v) is 6.71. The predicted molar refractivity (Wildman–Crippen MR) is 103 cm³/mol. The van der Waals surface area contributed by atoms with Gasteiger partial charge in [0.2, 0.25) is 0 Å². The number of rotatable bonds is 3. The lowest BCUT2D eigenvalue weighted by Gasteiger charge is -2.06. The Kier molecular flexibility index (Phi) is 4.27. The number of nitrogens with zero attached hydrogens (tertiary/aromatic N) is 1. The third-order valence-corrected chi connectivity index (χ3v) is 4.94. The van der Waals surface area contributed by atoms with E-state index in [0.717, 1.165) is 26.4 Å². The van der Waals surface area contributed by atoms with Crippen molar-refractivity contribution in [2.24, 2.45) is 0 Å². The van der Waals surface area contributed by atoms with E-state index in [1.165, 1.54) is 0 Å². The fraction of sp³-hybridized carbons (Fsp3) is 0. The number of aromatic nitrogens is 1. The summed E-state index contributed by atoms with van der Waals surface area (Å²) in [6.45, 7) is 0. The Bertz CT molecular complexity index is 1010. The van der Waals surface area contributed by atoms with E-state index in [0.29, 0.717) is 0 Å². The van der Waals surface area contributed by atoms with Gasteiger partial charge in [-0.25, -0.2) is 4.79 Å². The van der Waals surface area contributed by atoms with Crippen LogP contribution in [0.15, 0.2) is 101 Å². The molecule has 0 saturated heterocycles. The highest BCUT2D eigenvalue weighted by atomic mass is 32.2. The van der Waals surface area contributed by atoms with Gasteiger partial charge in [0.1, 0.15) is 0 Å². The summed E-state index contributed by atoms with van der Waals surface area (Å²) in [7, 11) is 0. The minimum absolute atomic E-state index is 0.165. The van der Waals surface area contributed by atoms with E-state index in [4.69, 9.17) is 0 Å². The predicted octanol–water partition coefficient (Wildman–Crippen LogP) is 5.87. The lowest BCUT2D eigenvalue weighted by atomic mass is 10.2. The topological polar surface area (TPSA) is 34.0 Å². The SMILES string of the molecule is O=C(Nc1ccccc1)n1cc(Sc2ccccc2)c2ccccc21. The van der Waals surface area contributed by atoms with E-state index in [-0.39, 0.29) is 6.03 Å². The molecule has 4 heteroatoms. The molecule has 1 aromatic heterocycles. The van der Waals surface area contributed by atoms with E-state index < -0.39 is 0 Å². The van der Waals surface area contributed by atoms with Crippen LogP contribution in [0.4, 0.5) is 10.5 Å². The van der Waals surface area contributed by atoms with Gasteiger partial charge in [-0.3, -0.25) is 4.57 Å². The van der Waals surface area contributed by atoms with Crippen LogP contribution >= 0.6 is 11.8 Å². The number of hydrogen-bond donors (Lipinski definition) is 1. The van der Waals surface area contributed by atoms with E-state index >= 15 is 0 Å². The second kappa shape index (κ2) is 6.87. The molecule has 0 aliphatic heterocycles. The van der Waals surface area contributed by atoms with Crippen LogP contribution in [-0.2, 0) is 0 Å². The highest BCUT2D eigenvalue weighted by Gasteiger charge is 2.14. The molecule has 25 heavy (non-hydrogen) atoms. The first-order chi connectivity index (χ1) is 12.3. The zero-order valence-corrected chi connectivity index (χ0v) is 14.2. The standard InChI is InChI=1S/C21H16N2OS/c24-21(22-16-9-3-1-4-10-16)23-15-20(18-13-7-8-14-19(18)23)25-17-11-5-2-6-12-17/h1-15H,(H,22,24). The smallest absolute Gasteiger partial charge is 0.307 e. The molecule has 0 fully saturated rings. The highest BCUT2D eigenvalue weighted by Crippen LogP contribution is 2.34. The van der Waals surface area contributed by atoms with Gasteiger partial charge in [-0.1, -0.05) is 66.4 Å². The molecule has 3 aromatic carbocycles. The Labute approximate surface area is 150 Å². The van der Waals surface area contributed by atoms with Crippen LogP contribution in [0, 0.1) is 0 Å². The van der Waals surface area contributed by atoms with E-state index in [2.05, 4.69) is 17.4 Å². The third-order valence-electron chi connectivity index (χ3n) is 3.89. The van der Waals surface area contributed by atoms with Crippen molar-refractivity contribution in [1.29, 1.82) is 0 Å². The van der Waals surface area contributed by atoms with Gasteiger partial charge in [0.05, 0.1) is 5.52 Å². The van der Waals surface area contributed by atoms with E-state index in [9.17, 15) is 4.79 Å². The Hall–Kier alpha value is -2.98. The molecular weight excluding hydrogens is 328 g/mol. The number of amides is 1. The van der Waals surface area contributed by atoms with Crippen LogP contribution in [0.3, 0.4) is 0 Å². The molecular formula is C21H16N2OS. The van der Waals surface area contributed by atoms with Crippen molar-refractivity contribution in [3.8, 4) is 0 Å². The fourth-order valence-electron chi connectivity index (χ4n) is 2.72. The Balaban J connectivity index is 1.71. The summed E-state index contributed by atoms with van der Waals surface area (Å²) < 4.78 is 1.67. The first-order valence-electron chi connectivity index (χ1n) is 8.01. The summed E-state index contributed by atoms with van der Waals surface area (Å²) in [5, 5.41) is 4.01. The van der Waals surface area contributed by atoms with Gasteiger partial charge in [0.15, 0.2) is 0 Å². The molecule has 0 spiro atoms. The number of benzene rings is 3. The van der Waals surface area contributed by atoms with Crippen LogP contribution in [0.5, 0.6) is 0 Å². The average Bonchev–Trinajstić information content (AvgIpc) is 3.02. The van der Waals surface area contributed by atoms with Crippen molar-refractivity contribution < 1.29 is 4.79 Å². The molecule has 0 bridgehead atoms. The number of hydrogen-bond acceptors (Lipinski definition) is 2. The zero-order chi connectivity index (χ0) is 17.1. The normalized spacial score (nSPS) is 10.7. The average molecular weight is 344 g/mol. The number of carbonyl (C=O) groups is 1. The molecule has 0 aliphatic rings. The van der Waals surface area contributed by atoms with Gasteiger partial charge >= 0.3 is 6.03 Å². The maximum atomic E-state index is 12.7. The number of anilines is 1. The number of carbonyl (C=O) groups excluding carboxylic acids is 1. The molecule has 1 N–H and O–H groups in total. The zero-order valence-electron chi connectivity index (χ0n) is 13.4. The van der Waals surface area contributed by atoms with Crippen molar-refractivity contribution in [2.45, 2.75) is 9.79 Å². The summed E-state index contributed by atoms with van der Waals surface area (Å²) in [5.74, 6) is 0. The minimum Gasteiger partial charge on any atom is -0.307 e. The second-order valence-electron chi connectivity index (χ2n) is 5.59. The van der Waals surface area contributed by atoms with Gasteiger partial charge in [-0.05, 0) is 30.3 Å². The van der Waals surface area contributed by atoms with E-state index in [1.54, 1.807) is 16.3 Å². The maximum absolute atomic E-state index is 12.7. The van der Waals surface area contributed by atoms with Crippen molar-refractivity contribution >= 4 is 34.4 Å². The Morgan fingerprint density at radius 3 is 2.20 bits per heavy atom. The molecule has 0 saturated carbocycles. The van der Waals surface area contributed by atoms with Crippen LogP contribution in [0.2, 0.25) is 0 Å². The summed E-state index contributed by atoms with van der Waals surface area (Å²) >= 11 is 1.66. The van der Waals surface area contributed by atoms with Gasteiger partial charge < -0.3 is 5.32 Å². The monoisotopic (exact) mass is 344 g/mol. The molecule has 1 heterocycles. The van der Waals surface area contributed by atoms with Gasteiger partial charge in [0.25, 0.3) is 0 Å². The van der Waals surface area contributed by atoms with E-state index in [1.807, 2.05) is 79.0 Å². The van der Waals surface area contributed by atoms with Crippen LogP contribution in [0.25, 0.3) is 10.9 Å². The van der Waals surface area contributed by atoms with Crippen molar-refractivity contribution in [1.82, 2.24) is 4.57 Å². The van der Waals surface area contributed by atoms with Crippen LogP contribution in [-0.4, -0.2) is 10.6 Å². The first kappa shape index (κ1) is 15.5. The van der Waals surface area contributed by atoms with Gasteiger partial charge in [-0.2, -0.15) is 0 Å². The Morgan fingerprint density at radius 1 is 0.800 bits per heavy atom. The van der Waals surface area contributed by atoms with Gasteiger partial charge in [0, 0.05) is 27.1 Å². The van der Waals surface area contributed by atoms with Crippen LogP contribution in [0.1, 0.15) is 0 Å². The molecule has 1 amide bonds.